The molecular formula is C19H19F3N2O3. The van der Waals surface area contributed by atoms with Crippen LogP contribution in [-0.2, 0) is 28.9 Å². The van der Waals surface area contributed by atoms with Crippen LogP contribution >= 0.6 is 0 Å². The van der Waals surface area contributed by atoms with Crippen LogP contribution in [0.5, 0.6) is 0 Å². The Morgan fingerprint density at radius 3 is 2.22 bits per heavy atom. The number of hydrogen-bond donors (Lipinski definition) is 2. The Kier molecular flexibility index (Phi) is 6.81. The van der Waals surface area contributed by atoms with E-state index in [9.17, 15) is 22.8 Å². The van der Waals surface area contributed by atoms with Gasteiger partial charge in [0.2, 0.25) is 5.91 Å². The molecule has 8 heteroatoms. The van der Waals surface area contributed by atoms with Crippen LogP contribution in [0.2, 0.25) is 0 Å². The van der Waals surface area contributed by atoms with E-state index in [4.69, 9.17) is 4.74 Å². The third-order valence-corrected chi connectivity index (χ3v) is 3.69. The monoisotopic (exact) mass is 380 g/mol. The van der Waals surface area contributed by atoms with E-state index in [1.54, 1.807) is 12.1 Å². The molecule has 0 radical (unpaired) electrons. The highest BCUT2D eigenvalue weighted by Crippen LogP contribution is 2.29. The van der Waals surface area contributed by atoms with E-state index >= 15 is 0 Å². The molecule has 27 heavy (non-hydrogen) atoms. The summed E-state index contributed by atoms with van der Waals surface area (Å²) in [6, 6.07) is 12.7. The van der Waals surface area contributed by atoms with Gasteiger partial charge in [0.1, 0.15) is 12.6 Å². The van der Waals surface area contributed by atoms with Crippen molar-refractivity contribution < 1.29 is 27.5 Å². The van der Waals surface area contributed by atoms with Gasteiger partial charge in [0.15, 0.2) is 0 Å². The number of hydrogen-bond acceptors (Lipinski definition) is 3. The highest BCUT2D eigenvalue weighted by Gasteiger charge is 2.29. The van der Waals surface area contributed by atoms with Gasteiger partial charge in [0, 0.05) is 6.54 Å². The van der Waals surface area contributed by atoms with Crippen molar-refractivity contribution in [1.29, 1.82) is 0 Å². The molecule has 144 valence electrons. The number of nitrogens with one attached hydrogen (secondary N) is 2. The van der Waals surface area contributed by atoms with Gasteiger partial charge in [-0.3, -0.25) is 4.79 Å². The second kappa shape index (κ2) is 9.07. The van der Waals surface area contributed by atoms with Crippen LogP contribution in [0.3, 0.4) is 0 Å². The summed E-state index contributed by atoms with van der Waals surface area (Å²) in [6.45, 7) is 1.60. The smallest absolute Gasteiger partial charge is 0.416 e. The lowest BCUT2D eigenvalue weighted by Crippen LogP contribution is -2.44. The van der Waals surface area contributed by atoms with Gasteiger partial charge in [0.05, 0.1) is 5.56 Å². The fourth-order valence-corrected chi connectivity index (χ4v) is 2.16. The summed E-state index contributed by atoms with van der Waals surface area (Å²) in [6.07, 6.45) is -5.14. The Hall–Kier alpha value is -3.03. The van der Waals surface area contributed by atoms with Crippen molar-refractivity contribution in [2.75, 3.05) is 0 Å². The summed E-state index contributed by atoms with van der Waals surface area (Å²) >= 11 is 0. The van der Waals surface area contributed by atoms with Crippen molar-refractivity contribution in [3.63, 3.8) is 0 Å². The van der Waals surface area contributed by atoms with Gasteiger partial charge >= 0.3 is 12.3 Å². The molecule has 5 nitrogen and oxygen atoms in total. The lowest BCUT2D eigenvalue weighted by atomic mass is 10.1. The molecule has 0 aromatic heterocycles. The van der Waals surface area contributed by atoms with E-state index in [1.165, 1.54) is 19.1 Å². The molecular weight excluding hydrogens is 361 g/mol. The molecule has 0 saturated carbocycles. The fourth-order valence-electron chi connectivity index (χ4n) is 2.16. The van der Waals surface area contributed by atoms with Gasteiger partial charge in [-0.25, -0.2) is 4.79 Å². The van der Waals surface area contributed by atoms with Gasteiger partial charge in [-0.2, -0.15) is 13.2 Å². The second-order valence-electron chi connectivity index (χ2n) is 5.84. The first-order valence-corrected chi connectivity index (χ1v) is 8.17. The van der Waals surface area contributed by atoms with Gasteiger partial charge in [-0.05, 0) is 30.2 Å². The fraction of sp³-hybridized carbons (Fsp3) is 0.263. The van der Waals surface area contributed by atoms with Gasteiger partial charge in [0.25, 0.3) is 0 Å². The number of carbonyl (C=O) groups is 2. The maximum Gasteiger partial charge on any atom is 0.416 e. The SMILES string of the molecule is C[C@H](NC(=O)OCc1ccccc1)C(=O)NCc1ccc(C(F)(F)F)cc1. The van der Waals surface area contributed by atoms with Gasteiger partial charge in [-0.1, -0.05) is 42.5 Å². The largest absolute Gasteiger partial charge is 0.445 e. The molecule has 1 atom stereocenters. The molecule has 2 amide bonds. The van der Waals surface area contributed by atoms with Crippen LogP contribution in [-0.4, -0.2) is 18.0 Å². The zero-order valence-corrected chi connectivity index (χ0v) is 14.5. The topological polar surface area (TPSA) is 67.4 Å². The number of alkyl halides is 3. The first-order chi connectivity index (χ1) is 12.8. The minimum atomic E-state index is -4.40. The Labute approximate surface area is 154 Å². The molecule has 2 aromatic carbocycles. The average molecular weight is 380 g/mol. The van der Waals surface area contributed by atoms with Crippen molar-refractivity contribution in [2.45, 2.75) is 32.3 Å². The van der Waals surface area contributed by atoms with Crippen LogP contribution in [0.1, 0.15) is 23.6 Å². The first kappa shape index (κ1) is 20.3. The summed E-state index contributed by atoms with van der Waals surface area (Å²) < 4.78 is 42.6. The first-order valence-electron chi connectivity index (χ1n) is 8.17. The lowest BCUT2D eigenvalue weighted by Gasteiger charge is -2.14. The van der Waals surface area contributed by atoms with Crippen LogP contribution in [0.25, 0.3) is 0 Å². The highest BCUT2D eigenvalue weighted by atomic mass is 19.4. The second-order valence-corrected chi connectivity index (χ2v) is 5.84. The molecule has 0 bridgehead atoms. The van der Waals surface area contributed by atoms with Crippen molar-refractivity contribution >= 4 is 12.0 Å². The molecule has 0 aliphatic heterocycles. The third-order valence-electron chi connectivity index (χ3n) is 3.69. The molecule has 0 spiro atoms. The average Bonchev–Trinajstić information content (AvgIpc) is 2.65. The Balaban J connectivity index is 1.75. The van der Waals surface area contributed by atoms with Crippen LogP contribution in [0.15, 0.2) is 54.6 Å². The van der Waals surface area contributed by atoms with Crippen LogP contribution in [0, 0.1) is 0 Å². The van der Waals surface area contributed by atoms with Crippen LogP contribution in [0.4, 0.5) is 18.0 Å². The minimum Gasteiger partial charge on any atom is -0.445 e. The zero-order chi connectivity index (χ0) is 19.9. The Morgan fingerprint density at radius 1 is 1.00 bits per heavy atom. The van der Waals surface area contributed by atoms with E-state index < -0.39 is 29.8 Å². The number of carbonyl (C=O) groups excluding carboxylic acids is 2. The maximum absolute atomic E-state index is 12.5. The number of ether oxygens (including phenoxy) is 1. The van der Waals surface area contributed by atoms with Crippen molar-refractivity contribution in [3.05, 3.63) is 71.3 Å². The molecule has 0 unspecified atom stereocenters. The summed E-state index contributed by atoms with van der Waals surface area (Å²) in [5.74, 6) is -0.480. The Morgan fingerprint density at radius 2 is 1.63 bits per heavy atom. The van der Waals surface area contributed by atoms with Gasteiger partial charge < -0.3 is 15.4 Å². The molecule has 2 rings (SSSR count). The normalized spacial score (nSPS) is 12.1. The number of rotatable bonds is 6. The summed E-state index contributed by atoms with van der Waals surface area (Å²) in [5.41, 5.74) is 0.566. The quantitative estimate of drug-likeness (QED) is 0.804. The molecule has 2 aromatic rings. The number of halogens is 3. The van der Waals surface area contributed by atoms with E-state index in [1.807, 2.05) is 18.2 Å². The predicted octanol–water partition coefficient (Wildman–Crippen LogP) is 3.64. The molecule has 2 N–H and O–H groups in total. The third kappa shape index (κ3) is 6.65. The predicted molar refractivity (Wildman–Crippen MR) is 92.5 cm³/mol. The number of benzene rings is 2. The van der Waals surface area contributed by atoms with Crippen molar-refractivity contribution in [3.8, 4) is 0 Å². The lowest BCUT2D eigenvalue weighted by molar-refractivity contribution is -0.137. The molecule has 0 aliphatic carbocycles. The summed E-state index contributed by atoms with van der Waals surface area (Å²) in [4.78, 5) is 23.7. The van der Waals surface area contributed by atoms with Gasteiger partial charge in [-0.15, -0.1) is 0 Å². The highest BCUT2D eigenvalue weighted by molar-refractivity contribution is 5.85. The van der Waals surface area contributed by atoms with E-state index in [-0.39, 0.29) is 13.2 Å². The van der Waals surface area contributed by atoms with Crippen molar-refractivity contribution in [2.24, 2.45) is 0 Å². The minimum absolute atomic E-state index is 0.0437. The van der Waals surface area contributed by atoms with Crippen LogP contribution < -0.4 is 10.6 Å². The standard InChI is InChI=1S/C19H19F3N2O3/c1-13(24-18(26)27-12-15-5-3-2-4-6-15)17(25)23-11-14-7-9-16(10-8-14)19(20,21)22/h2-10,13H,11-12H2,1H3,(H,23,25)(H,24,26)/t13-/m0/s1. The van der Waals surface area contributed by atoms with E-state index in [2.05, 4.69) is 10.6 Å². The molecule has 0 saturated heterocycles. The summed E-state index contributed by atoms with van der Waals surface area (Å²) in [7, 11) is 0. The summed E-state index contributed by atoms with van der Waals surface area (Å²) in [5, 5.41) is 4.94. The zero-order valence-electron chi connectivity index (χ0n) is 14.5. The van der Waals surface area contributed by atoms with Crippen molar-refractivity contribution in [1.82, 2.24) is 10.6 Å². The molecule has 0 fully saturated rings. The number of amides is 2. The maximum atomic E-state index is 12.5. The van der Waals surface area contributed by atoms with E-state index in [0.717, 1.165) is 17.7 Å². The van der Waals surface area contributed by atoms with E-state index in [0.29, 0.717) is 5.56 Å². The number of alkyl carbamates (subject to hydrolysis) is 1. The Bertz CT molecular complexity index is 762. The molecule has 0 aliphatic rings. The molecule has 0 heterocycles.